The number of benzene rings is 1. The van der Waals surface area contributed by atoms with Crippen LogP contribution in [0, 0.1) is 0 Å². The number of nitrogens with zero attached hydrogens (tertiary/aromatic N) is 1. The third-order valence-corrected chi connectivity index (χ3v) is 4.94. The lowest BCUT2D eigenvalue weighted by Crippen LogP contribution is -2.53. The van der Waals surface area contributed by atoms with Crippen LogP contribution in [0.5, 0.6) is 0 Å². The number of carbonyl (C=O) groups excluding carboxylic acids is 1. The lowest BCUT2D eigenvalue weighted by molar-refractivity contribution is -0.113. The standard InChI is InChI=1S/C16H23NO2S/c1-16(2,17-8-10-19-11-9-17)15(12-18)13-4-6-14(20-3)7-5-13/h4-7,12,15H,8-11H2,1-3H3. The van der Waals surface area contributed by atoms with Crippen LogP contribution in [-0.2, 0) is 9.53 Å². The molecule has 0 aliphatic carbocycles. The van der Waals surface area contributed by atoms with Crippen molar-refractivity contribution in [2.24, 2.45) is 0 Å². The summed E-state index contributed by atoms with van der Waals surface area (Å²) in [6, 6.07) is 8.33. The van der Waals surface area contributed by atoms with Crippen LogP contribution in [0.2, 0.25) is 0 Å². The second kappa shape index (κ2) is 6.74. The molecule has 1 aromatic carbocycles. The van der Waals surface area contributed by atoms with Crippen LogP contribution in [-0.4, -0.2) is 49.3 Å². The van der Waals surface area contributed by atoms with Crippen LogP contribution in [0.3, 0.4) is 0 Å². The van der Waals surface area contributed by atoms with E-state index < -0.39 is 0 Å². The van der Waals surface area contributed by atoms with E-state index >= 15 is 0 Å². The molecule has 1 aliphatic rings. The zero-order valence-corrected chi connectivity index (χ0v) is 13.3. The van der Waals surface area contributed by atoms with Gasteiger partial charge in [0.05, 0.1) is 19.1 Å². The summed E-state index contributed by atoms with van der Waals surface area (Å²) in [5.41, 5.74) is 0.904. The summed E-state index contributed by atoms with van der Waals surface area (Å²) < 4.78 is 5.41. The van der Waals surface area contributed by atoms with Crippen molar-refractivity contribution < 1.29 is 9.53 Å². The molecule has 1 unspecified atom stereocenters. The first-order chi connectivity index (χ1) is 9.59. The molecule has 2 rings (SSSR count). The fourth-order valence-corrected chi connectivity index (χ4v) is 3.21. The molecule has 0 aromatic heterocycles. The Morgan fingerprint density at radius 1 is 1.25 bits per heavy atom. The van der Waals surface area contributed by atoms with E-state index in [-0.39, 0.29) is 11.5 Å². The number of carbonyl (C=O) groups is 1. The minimum atomic E-state index is -0.188. The summed E-state index contributed by atoms with van der Waals surface area (Å²) >= 11 is 1.72. The fraction of sp³-hybridized carbons (Fsp3) is 0.562. The van der Waals surface area contributed by atoms with Gasteiger partial charge in [0.25, 0.3) is 0 Å². The smallest absolute Gasteiger partial charge is 0.129 e. The molecular weight excluding hydrogens is 270 g/mol. The largest absolute Gasteiger partial charge is 0.379 e. The van der Waals surface area contributed by atoms with Crippen molar-refractivity contribution in [3.8, 4) is 0 Å². The van der Waals surface area contributed by atoms with Crippen molar-refractivity contribution in [3.05, 3.63) is 29.8 Å². The van der Waals surface area contributed by atoms with Crippen molar-refractivity contribution >= 4 is 18.0 Å². The van der Waals surface area contributed by atoms with Gasteiger partial charge in [-0.1, -0.05) is 12.1 Å². The third kappa shape index (κ3) is 3.25. The Kier molecular flexibility index (Phi) is 5.24. The Balaban J connectivity index is 2.22. The molecule has 0 spiro atoms. The molecule has 4 heteroatoms. The summed E-state index contributed by atoms with van der Waals surface area (Å²) in [5.74, 6) is -0.114. The monoisotopic (exact) mass is 293 g/mol. The fourth-order valence-electron chi connectivity index (χ4n) is 2.80. The third-order valence-electron chi connectivity index (χ3n) is 4.20. The molecule has 3 nitrogen and oxygen atoms in total. The van der Waals surface area contributed by atoms with E-state index in [9.17, 15) is 4.79 Å². The predicted molar refractivity (Wildman–Crippen MR) is 83.5 cm³/mol. The van der Waals surface area contributed by atoms with Gasteiger partial charge >= 0.3 is 0 Å². The summed E-state index contributed by atoms with van der Waals surface area (Å²) in [4.78, 5) is 15.3. The lowest BCUT2D eigenvalue weighted by Gasteiger charge is -2.44. The zero-order valence-electron chi connectivity index (χ0n) is 12.5. The number of ether oxygens (including phenoxy) is 1. The van der Waals surface area contributed by atoms with Crippen molar-refractivity contribution in [1.82, 2.24) is 4.90 Å². The van der Waals surface area contributed by atoms with E-state index in [1.165, 1.54) is 4.90 Å². The summed E-state index contributed by atoms with van der Waals surface area (Å²) in [6.45, 7) is 7.58. The molecule has 1 saturated heterocycles. The number of thioether (sulfide) groups is 1. The van der Waals surface area contributed by atoms with Gasteiger partial charge in [-0.15, -0.1) is 11.8 Å². The SMILES string of the molecule is CSc1ccc(C(C=O)C(C)(C)N2CCOCC2)cc1. The molecule has 0 bridgehead atoms. The number of morpholine rings is 1. The maximum absolute atomic E-state index is 11.7. The Labute approximate surface area is 125 Å². The normalized spacial score (nSPS) is 18.8. The topological polar surface area (TPSA) is 29.5 Å². The molecule has 0 N–H and O–H groups in total. The quantitative estimate of drug-likeness (QED) is 0.617. The van der Waals surface area contributed by atoms with Crippen LogP contribution in [0.1, 0.15) is 25.3 Å². The van der Waals surface area contributed by atoms with Crippen LogP contribution in [0.15, 0.2) is 29.2 Å². The minimum Gasteiger partial charge on any atom is -0.379 e. The molecule has 1 atom stereocenters. The van der Waals surface area contributed by atoms with Gasteiger partial charge in [-0.05, 0) is 37.8 Å². The summed E-state index contributed by atoms with van der Waals surface area (Å²) in [7, 11) is 0. The molecule has 0 radical (unpaired) electrons. The first kappa shape index (κ1) is 15.5. The molecule has 1 aromatic rings. The maximum Gasteiger partial charge on any atom is 0.129 e. The highest BCUT2D eigenvalue weighted by atomic mass is 32.2. The van der Waals surface area contributed by atoms with Gasteiger partial charge in [0.15, 0.2) is 0 Å². The maximum atomic E-state index is 11.7. The highest BCUT2D eigenvalue weighted by Crippen LogP contribution is 2.33. The minimum absolute atomic E-state index is 0.114. The van der Waals surface area contributed by atoms with Crippen molar-refractivity contribution in [2.45, 2.75) is 30.2 Å². The Morgan fingerprint density at radius 2 is 1.85 bits per heavy atom. The first-order valence-electron chi connectivity index (χ1n) is 7.01. The van der Waals surface area contributed by atoms with E-state index in [2.05, 4.69) is 49.3 Å². The number of hydrogen-bond donors (Lipinski definition) is 0. The van der Waals surface area contributed by atoms with E-state index in [0.29, 0.717) is 0 Å². The van der Waals surface area contributed by atoms with Gasteiger partial charge in [-0.2, -0.15) is 0 Å². The average molecular weight is 293 g/mol. The second-order valence-electron chi connectivity index (χ2n) is 5.64. The van der Waals surface area contributed by atoms with Crippen LogP contribution >= 0.6 is 11.8 Å². The van der Waals surface area contributed by atoms with Gasteiger partial charge in [0.1, 0.15) is 6.29 Å². The first-order valence-corrected chi connectivity index (χ1v) is 8.24. The summed E-state index contributed by atoms with van der Waals surface area (Å²) in [6.07, 6.45) is 3.15. The van der Waals surface area contributed by atoms with Crippen LogP contribution in [0.25, 0.3) is 0 Å². The molecule has 1 fully saturated rings. The Morgan fingerprint density at radius 3 is 2.35 bits per heavy atom. The predicted octanol–water partition coefficient (Wildman–Crippen LogP) is 2.80. The van der Waals surface area contributed by atoms with Gasteiger partial charge in [-0.3, -0.25) is 4.90 Å². The van der Waals surface area contributed by atoms with Crippen LogP contribution in [0.4, 0.5) is 0 Å². The van der Waals surface area contributed by atoms with Gasteiger partial charge in [0.2, 0.25) is 0 Å². The lowest BCUT2D eigenvalue weighted by atomic mass is 9.81. The van der Waals surface area contributed by atoms with Gasteiger partial charge < -0.3 is 9.53 Å². The number of hydrogen-bond acceptors (Lipinski definition) is 4. The van der Waals surface area contributed by atoms with Gasteiger partial charge in [0, 0.05) is 23.5 Å². The molecule has 1 aliphatic heterocycles. The van der Waals surface area contributed by atoms with Gasteiger partial charge in [-0.25, -0.2) is 0 Å². The van der Waals surface area contributed by atoms with E-state index in [1.54, 1.807) is 11.8 Å². The second-order valence-corrected chi connectivity index (χ2v) is 6.52. The van der Waals surface area contributed by atoms with Crippen molar-refractivity contribution in [2.75, 3.05) is 32.6 Å². The number of aldehydes is 1. The highest BCUT2D eigenvalue weighted by molar-refractivity contribution is 7.98. The van der Waals surface area contributed by atoms with Crippen LogP contribution < -0.4 is 0 Å². The molecular formula is C16H23NO2S. The number of rotatable bonds is 5. The summed E-state index contributed by atoms with van der Waals surface area (Å²) in [5, 5.41) is 0. The van der Waals surface area contributed by atoms with E-state index in [0.717, 1.165) is 38.2 Å². The molecule has 20 heavy (non-hydrogen) atoms. The molecule has 0 saturated carbocycles. The zero-order chi connectivity index (χ0) is 14.6. The Bertz CT molecular complexity index is 438. The van der Waals surface area contributed by atoms with E-state index in [4.69, 9.17) is 4.74 Å². The van der Waals surface area contributed by atoms with Crippen molar-refractivity contribution in [1.29, 1.82) is 0 Å². The highest BCUT2D eigenvalue weighted by Gasteiger charge is 2.36. The Hall–Kier alpha value is -0.840. The molecule has 0 amide bonds. The molecule has 110 valence electrons. The van der Waals surface area contributed by atoms with Crippen molar-refractivity contribution in [3.63, 3.8) is 0 Å². The van der Waals surface area contributed by atoms with E-state index in [1.807, 2.05) is 0 Å². The average Bonchev–Trinajstić information content (AvgIpc) is 2.49. The molecule has 1 heterocycles.